The fourth-order valence-corrected chi connectivity index (χ4v) is 1.45. The average molecular weight is 233 g/mol. The summed E-state index contributed by atoms with van der Waals surface area (Å²) in [5.74, 6) is -0.955. The summed E-state index contributed by atoms with van der Waals surface area (Å²) in [6.07, 6.45) is 0. The molecule has 1 rings (SSSR count). The smallest absolute Gasteiger partial charge is 0.294 e. The monoisotopic (exact) mass is 233 g/mol. The van der Waals surface area contributed by atoms with Gasteiger partial charge in [0.2, 0.25) is 5.78 Å². The van der Waals surface area contributed by atoms with Gasteiger partial charge in [-0.05, 0) is 11.0 Å². The lowest BCUT2D eigenvalue weighted by Crippen LogP contribution is -2.29. The first kappa shape index (κ1) is 13.4. The number of rotatable bonds is 2. The standard InChI is InChI=1S/C14H19NO2/c1-14(2,3)11-8-6-10(7-9-11)12(16)13(17)15(4)5/h6-9H,1-5H3. The van der Waals surface area contributed by atoms with E-state index >= 15 is 0 Å². The molecule has 3 nitrogen and oxygen atoms in total. The van der Waals surface area contributed by atoms with E-state index in [0.717, 1.165) is 5.56 Å². The number of hydrogen-bond acceptors (Lipinski definition) is 2. The van der Waals surface area contributed by atoms with Gasteiger partial charge >= 0.3 is 0 Å². The van der Waals surface area contributed by atoms with E-state index in [1.165, 1.54) is 4.90 Å². The van der Waals surface area contributed by atoms with Crippen molar-refractivity contribution >= 4 is 11.7 Å². The third-order valence-electron chi connectivity index (χ3n) is 2.61. The second kappa shape index (κ2) is 4.70. The highest BCUT2D eigenvalue weighted by Crippen LogP contribution is 2.22. The molecule has 0 spiro atoms. The summed E-state index contributed by atoms with van der Waals surface area (Å²) in [6.45, 7) is 6.32. The second-order valence-electron chi connectivity index (χ2n) is 5.36. The van der Waals surface area contributed by atoms with Gasteiger partial charge in [-0.25, -0.2) is 0 Å². The van der Waals surface area contributed by atoms with Crippen molar-refractivity contribution < 1.29 is 9.59 Å². The maximum atomic E-state index is 11.8. The van der Waals surface area contributed by atoms with E-state index in [1.807, 2.05) is 12.1 Å². The average Bonchev–Trinajstić information content (AvgIpc) is 2.26. The first-order valence-corrected chi connectivity index (χ1v) is 5.60. The third kappa shape index (κ3) is 3.16. The predicted molar refractivity (Wildman–Crippen MR) is 68.2 cm³/mol. The van der Waals surface area contributed by atoms with Gasteiger partial charge in [-0.15, -0.1) is 0 Å². The van der Waals surface area contributed by atoms with Gasteiger partial charge < -0.3 is 4.90 Å². The molecule has 0 atom stereocenters. The first-order valence-electron chi connectivity index (χ1n) is 5.60. The van der Waals surface area contributed by atoms with E-state index in [2.05, 4.69) is 20.8 Å². The molecule has 0 bridgehead atoms. The number of likely N-dealkylation sites (N-methyl/N-ethyl adjacent to an activating group) is 1. The molecule has 17 heavy (non-hydrogen) atoms. The molecule has 92 valence electrons. The van der Waals surface area contributed by atoms with E-state index < -0.39 is 11.7 Å². The molecule has 1 aromatic carbocycles. The number of hydrogen-bond donors (Lipinski definition) is 0. The number of nitrogens with zero attached hydrogens (tertiary/aromatic N) is 1. The number of amides is 1. The van der Waals surface area contributed by atoms with Gasteiger partial charge in [-0.2, -0.15) is 0 Å². The van der Waals surface area contributed by atoms with Crippen LogP contribution in [0.15, 0.2) is 24.3 Å². The van der Waals surface area contributed by atoms with Crippen molar-refractivity contribution in [2.45, 2.75) is 26.2 Å². The molecular formula is C14H19NO2. The summed E-state index contributed by atoms with van der Waals surface area (Å²) in [5, 5.41) is 0. The fourth-order valence-electron chi connectivity index (χ4n) is 1.45. The Labute approximate surface area is 102 Å². The maximum absolute atomic E-state index is 11.8. The highest BCUT2D eigenvalue weighted by atomic mass is 16.2. The molecule has 0 aliphatic rings. The molecule has 1 amide bonds. The van der Waals surface area contributed by atoms with Crippen LogP contribution in [0.25, 0.3) is 0 Å². The molecule has 1 aromatic rings. The second-order valence-corrected chi connectivity index (χ2v) is 5.36. The van der Waals surface area contributed by atoms with Crippen LogP contribution in [-0.4, -0.2) is 30.7 Å². The molecule has 0 unspecified atom stereocenters. The Morgan fingerprint density at radius 3 is 1.82 bits per heavy atom. The largest absolute Gasteiger partial charge is 0.342 e. The number of Topliss-reactive ketones (excluding diaryl/α,β-unsaturated/α-hetero) is 1. The molecule has 0 saturated heterocycles. The zero-order chi connectivity index (χ0) is 13.2. The molecule has 0 aliphatic carbocycles. The van der Waals surface area contributed by atoms with Crippen LogP contribution in [0.2, 0.25) is 0 Å². The summed E-state index contributed by atoms with van der Waals surface area (Å²) >= 11 is 0. The maximum Gasteiger partial charge on any atom is 0.294 e. The van der Waals surface area contributed by atoms with Gasteiger partial charge in [0, 0.05) is 19.7 Å². The zero-order valence-corrected chi connectivity index (χ0v) is 11.1. The van der Waals surface area contributed by atoms with Crippen molar-refractivity contribution in [1.82, 2.24) is 4.90 Å². The first-order chi connectivity index (χ1) is 7.73. The number of ketones is 1. The van der Waals surface area contributed by atoms with Gasteiger partial charge in [0.1, 0.15) is 0 Å². The predicted octanol–water partition coefficient (Wildman–Crippen LogP) is 2.25. The zero-order valence-electron chi connectivity index (χ0n) is 11.1. The number of carbonyl (C=O) groups excluding carboxylic acids is 2. The van der Waals surface area contributed by atoms with Crippen molar-refractivity contribution in [2.75, 3.05) is 14.1 Å². The Hall–Kier alpha value is -1.64. The van der Waals surface area contributed by atoms with Crippen molar-refractivity contribution in [1.29, 1.82) is 0 Å². The van der Waals surface area contributed by atoms with Crippen LogP contribution in [0.4, 0.5) is 0 Å². The third-order valence-corrected chi connectivity index (χ3v) is 2.61. The highest BCUT2D eigenvalue weighted by molar-refractivity contribution is 6.42. The van der Waals surface area contributed by atoms with E-state index in [9.17, 15) is 9.59 Å². The topological polar surface area (TPSA) is 37.4 Å². The van der Waals surface area contributed by atoms with Crippen LogP contribution in [0.1, 0.15) is 36.7 Å². The normalized spacial score (nSPS) is 11.1. The molecule has 0 heterocycles. The molecule has 0 saturated carbocycles. The minimum Gasteiger partial charge on any atom is -0.342 e. The van der Waals surface area contributed by atoms with Crippen LogP contribution in [0.5, 0.6) is 0 Å². The Morgan fingerprint density at radius 2 is 1.47 bits per heavy atom. The number of benzene rings is 1. The lowest BCUT2D eigenvalue weighted by Gasteiger charge is -2.19. The van der Waals surface area contributed by atoms with Crippen molar-refractivity contribution in [3.05, 3.63) is 35.4 Å². The van der Waals surface area contributed by atoms with E-state index in [1.54, 1.807) is 26.2 Å². The molecule has 3 heteroatoms. The van der Waals surface area contributed by atoms with Crippen molar-refractivity contribution in [3.8, 4) is 0 Å². The minimum absolute atomic E-state index is 0.0487. The van der Waals surface area contributed by atoms with Gasteiger partial charge in [0.05, 0.1) is 0 Å². The Balaban J connectivity index is 2.96. The van der Waals surface area contributed by atoms with Gasteiger partial charge in [0.25, 0.3) is 5.91 Å². The molecular weight excluding hydrogens is 214 g/mol. The van der Waals surface area contributed by atoms with Crippen molar-refractivity contribution in [2.24, 2.45) is 0 Å². The minimum atomic E-state index is -0.492. The van der Waals surface area contributed by atoms with E-state index in [4.69, 9.17) is 0 Å². The summed E-state index contributed by atoms with van der Waals surface area (Å²) < 4.78 is 0. The van der Waals surface area contributed by atoms with Crippen molar-refractivity contribution in [3.63, 3.8) is 0 Å². The highest BCUT2D eigenvalue weighted by Gasteiger charge is 2.19. The summed E-state index contributed by atoms with van der Waals surface area (Å²) in [6, 6.07) is 7.22. The summed E-state index contributed by atoms with van der Waals surface area (Å²) in [4.78, 5) is 24.5. The SMILES string of the molecule is CN(C)C(=O)C(=O)c1ccc(C(C)(C)C)cc1. The Morgan fingerprint density at radius 1 is 1.00 bits per heavy atom. The quantitative estimate of drug-likeness (QED) is 0.580. The van der Waals surface area contributed by atoms with E-state index in [-0.39, 0.29) is 5.41 Å². The summed E-state index contributed by atoms with van der Waals surface area (Å²) in [5.41, 5.74) is 1.63. The summed E-state index contributed by atoms with van der Waals surface area (Å²) in [7, 11) is 3.15. The molecule has 0 N–H and O–H groups in total. The lowest BCUT2D eigenvalue weighted by atomic mass is 9.86. The fraction of sp³-hybridized carbons (Fsp3) is 0.429. The van der Waals surface area contributed by atoms with Crippen LogP contribution in [0.3, 0.4) is 0 Å². The van der Waals surface area contributed by atoms with Gasteiger partial charge in [-0.1, -0.05) is 45.0 Å². The Kier molecular flexibility index (Phi) is 3.71. The van der Waals surface area contributed by atoms with Crippen LogP contribution < -0.4 is 0 Å². The van der Waals surface area contributed by atoms with Gasteiger partial charge in [0.15, 0.2) is 0 Å². The molecule has 0 aliphatic heterocycles. The molecule has 0 aromatic heterocycles. The Bertz CT molecular complexity index is 425. The van der Waals surface area contributed by atoms with Crippen LogP contribution >= 0.6 is 0 Å². The molecule has 0 radical (unpaired) electrons. The van der Waals surface area contributed by atoms with Crippen LogP contribution in [-0.2, 0) is 10.2 Å². The number of carbonyl (C=O) groups is 2. The van der Waals surface area contributed by atoms with E-state index in [0.29, 0.717) is 5.56 Å². The van der Waals surface area contributed by atoms with Gasteiger partial charge in [-0.3, -0.25) is 9.59 Å². The van der Waals surface area contributed by atoms with Crippen LogP contribution in [0, 0.1) is 0 Å². The molecule has 0 fully saturated rings. The lowest BCUT2D eigenvalue weighted by molar-refractivity contribution is -0.124.